The lowest BCUT2D eigenvalue weighted by Crippen LogP contribution is -2.17. The molecule has 0 saturated heterocycles. The van der Waals surface area contributed by atoms with Gasteiger partial charge in [-0.25, -0.2) is 0 Å². The number of benzene rings is 2. The SMILES string of the molecule is CCOc1ccc(OCC)c(NC(=O)CCNc2ccccc2[N+](=O)[O-])c1. The van der Waals surface area contributed by atoms with Gasteiger partial charge in [0, 0.05) is 25.1 Å². The number of rotatable bonds is 10. The van der Waals surface area contributed by atoms with Gasteiger partial charge in [0.2, 0.25) is 5.91 Å². The lowest BCUT2D eigenvalue weighted by Gasteiger charge is -2.14. The van der Waals surface area contributed by atoms with Crippen LogP contribution >= 0.6 is 0 Å². The van der Waals surface area contributed by atoms with E-state index in [1.165, 1.54) is 6.07 Å². The molecule has 0 bridgehead atoms. The van der Waals surface area contributed by atoms with Crippen LogP contribution in [0.15, 0.2) is 42.5 Å². The molecular formula is C19H23N3O5. The molecule has 0 atom stereocenters. The Kier molecular flexibility index (Phi) is 7.42. The minimum absolute atomic E-state index is 0.0269. The van der Waals surface area contributed by atoms with E-state index in [1.54, 1.807) is 36.4 Å². The van der Waals surface area contributed by atoms with Crippen LogP contribution in [0, 0.1) is 10.1 Å². The molecule has 0 spiro atoms. The van der Waals surface area contributed by atoms with Gasteiger partial charge >= 0.3 is 0 Å². The number of ether oxygens (including phenoxy) is 2. The predicted octanol–water partition coefficient (Wildman–Crippen LogP) is 3.83. The van der Waals surface area contributed by atoms with E-state index in [0.717, 1.165) is 0 Å². The number of para-hydroxylation sites is 2. The maximum absolute atomic E-state index is 12.3. The van der Waals surface area contributed by atoms with Crippen LogP contribution in [-0.4, -0.2) is 30.6 Å². The molecule has 0 heterocycles. The Morgan fingerprint density at radius 3 is 2.52 bits per heavy atom. The van der Waals surface area contributed by atoms with Gasteiger partial charge in [-0.15, -0.1) is 0 Å². The van der Waals surface area contributed by atoms with Crippen LogP contribution in [0.4, 0.5) is 17.1 Å². The van der Waals surface area contributed by atoms with Crippen LogP contribution in [0.2, 0.25) is 0 Å². The smallest absolute Gasteiger partial charge is 0.292 e. The Labute approximate surface area is 157 Å². The van der Waals surface area contributed by atoms with Gasteiger partial charge in [0.25, 0.3) is 5.69 Å². The van der Waals surface area contributed by atoms with E-state index >= 15 is 0 Å². The molecule has 27 heavy (non-hydrogen) atoms. The summed E-state index contributed by atoms with van der Waals surface area (Å²) in [6, 6.07) is 11.5. The summed E-state index contributed by atoms with van der Waals surface area (Å²) in [5.74, 6) is 0.950. The van der Waals surface area contributed by atoms with Crippen molar-refractivity contribution in [3.63, 3.8) is 0 Å². The maximum atomic E-state index is 12.3. The molecule has 144 valence electrons. The van der Waals surface area contributed by atoms with Crippen LogP contribution in [0.1, 0.15) is 20.3 Å². The number of nitrogens with one attached hydrogen (secondary N) is 2. The summed E-state index contributed by atoms with van der Waals surface area (Å²) in [6.07, 6.45) is 0.135. The molecule has 0 aliphatic carbocycles. The zero-order valence-electron chi connectivity index (χ0n) is 15.4. The van der Waals surface area contributed by atoms with Crippen molar-refractivity contribution in [1.82, 2.24) is 0 Å². The number of anilines is 2. The zero-order chi connectivity index (χ0) is 19.6. The van der Waals surface area contributed by atoms with Gasteiger partial charge in [-0.2, -0.15) is 0 Å². The van der Waals surface area contributed by atoms with Crippen LogP contribution in [0.3, 0.4) is 0 Å². The summed E-state index contributed by atoms with van der Waals surface area (Å²) in [6.45, 7) is 4.98. The van der Waals surface area contributed by atoms with E-state index in [2.05, 4.69) is 10.6 Å². The van der Waals surface area contributed by atoms with Crippen LogP contribution in [-0.2, 0) is 4.79 Å². The highest BCUT2D eigenvalue weighted by Gasteiger charge is 2.13. The van der Waals surface area contributed by atoms with Gasteiger partial charge in [-0.05, 0) is 32.0 Å². The Hall–Kier alpha value is -3.29. The highest BCUT2D eigenvalue weighted by Crippen LogP contribution is 2.29. The van der Waals surface area contributed by atoms with Gasteiger partial charge < -0.3 is 20.1 Å². The molecule has 8 heteroatoms. The summed E-state index contributed by atoms with van der Waals surface area (Å²) < 4.78 is 11.0. The standard InChI is InChI=1S/C19H23N3O5/c1-3-26-14-9-10-18(27-4-2)16(13-14)21-19(23)11-12-20-15-7-5-6-8-17(15)22(24)25/h5-10,13,20H,3-4,11-12H2,1-2H3,(H,21,23). The fraction of sp³-hybridized carbons (Fsp3) is 0.316. The number of nitrogens with zero attached hydrogens (tertiary/aromatic N) is 1. The minimum Gasteiger partial charge on any atom is -0.494 e. The summed E-state index contributed by atoms with van der Waals surface area (Å²) in [4.78, 5) is 22.8. The number of nitro groups is 1. The second kappa shape index (κ2) is 10.0. The van der Waals surface area contributed by atoms with Crippen molar-refractivity contribution in [2.24, 2.45) is 0 Å². The van der Waals surface area contributed by atoms with Crippen molar-refractivity contribution in [3.05, 3.63) is 52.6 Å². The van der Waals surface area contributed by atoms with E-state index in [9.17, 15) is 14.9 Å². The van der Waals surface area contributed by atoms with Gasteiger partial charge in [0.05, 0.1) is 23.8 Å². The minimum atomic E-state index is -0.462. The van der Waals surface area contributed by atoms with Gasteiger partial charge in [0.1, 0.15) is 17.2 Å². The monoisotopic (exact) mass is 373 g/mol. The summed E-state index contributed by atoms with van der Waals surface area (Å²) in [5, 5.41) is 16.7. The Bertz CT molecular complexity index is 795. The highest BCUT2D eigenvalue weighted by molar-refractivity contribution is 5.92. The lowest BCUT2D eigenvalue weighted by atomic mass is 10.2. The zero-order valence-corrected chi connectivity index (χ0v) is 15.4. The molecular weight excluding hydrogens is 350 g/mol. The van der Waals surface area contributed by atoms with Gasteiger partial charge in [-0.1, -0.05) is 12.1 Å². The van der Waals surface area contributed by atoms with E-state index in [4.69, 9.17) is 9.47 Å². The predicted molar refractivity (Wildman–Crippen MR) is 104 cm³/mol. The Morgan fingerprint density at radius 1 is 1.07 bits per heavy atom. The lowest BCUT2D eigenvalue weighted by molar-refractivity contribution is -0.384. The van der Waals surface area contributed by atoms with Crippen molar-refractivity contribution in [3.8, 4) is 11.5 Å². The largest absolute Gasteiger partial charge is 0.494 e. The first kappa shape index (κ1) is 20.0. The van der Waals surface area contributed by atoms with E-state index < -0.39 is 4.92 Å². The molecule has 2 N–H and O–H groups in total. The molecule has 0 unspecified atom stereocenters. The molecule has 0 fully saturated rings. The second-order valence-electron chi connectivity index (χ2n) is 5.52. The molecule has 0 saturated carbocycles. The molecule has 2 rings (SSSR count). The first-order valence-corrected chi connectivity index (χ1v) is 8.72. The summed E-state index contributed by atoms with van der Waals surface area (Å²) in [5.41, 5.74) is 0.878. The molecule has 0 radical (unpaired) electrons. The van der Waals surface area contributed by atoms with Crippen molar-refractivity contribution < 1.29 is 19.2 Å². The fourth-order valence-corrected chi connectivity index (χ4v) is 2.45. The fourth-order valence-electron chi connectivity index (χ4n) is 2.45. The maximum Gasteiger partial charge on any atom is 0.292 e. The van der Waals surface area contributed by atoms with Crippen LogP contribution < -0.4 is 20.1 Å². The van der Waals surface area contributed by atoms with Crippen LogP contribution in [0.5, 0.6) is 11.5 Å². The molecule has 0 aromatic heterocycles. The third kappa shape index (κ3) is 5.88. The number of hydrogen-bond donors (Lipinski definition) is 2. The number of hydrogen-bond acceptors (Lipinski definition) is 6. The number of carbonyl (C=O) groups is 1. The average molecular weight is 373 g/mol. The van der Waals surface area contributed by atoms with Crippen molar-refractivity contribution in [1.29, 1.82) is 0 Å². The summed E-state index contributed by atoms with van der Waals surface area (Å²) in [7, 11) is 0. The highest BCUT2D eigenvalue weighted by atomic mass is 16.6. The van der Waals surface area contributed by atoms with E-state index in [1.807, 2.05) is 13.8 Å². The molecule has 0 aliphatic heterocycles. The molecule has 1 amide bonds. The number of amides is 1. The molecule has 2 aromatic carbocycles. The quantitative estimate of drug-likeness (QED) is 0.485. The number of carbonyl (C=O) groups excluding carboxylic acids is 1. The molecule has 8 nitrogen and oxygen atoms in total. The van der Waals surface area contributed by atoms with Crippen molar-refractivity contribution >= 4 is 23.0 Å². The van der Waals surface area contributed by atoms with E-state index in [0.29, 0.717) is 36.1 Å². The first-order valence-electron chi connectivity index (χ1n) is 8.72. The molecule has 0 aliphatic rings. The number of nitro benzene ring substituents is 1. The Balaban J connectivity index is 1.97. The Morgan fingerprint density at radius 2 is 1.81 bits per heavy atom. The van der Waals surface area contributed by atoms with Crippen LogP contribution in [0.25, 0.3) is 0 Å². The second-order valence-corrected chi connectivity index (χ2v) is 5.52. The van der Waals surface area contributed by atoms with E-state index in [-0.39, 0.29) is 24.6 Å². The molecule has 2 aromatic rings. The van der Waals surface area contributed by atoms with Crippen molar-refractivity contribution in [2.75, 3.05) is 30.4 Å². The average Bonchev–Trinajstić information content (AvgIpc) is 2.64. The normalized spacial score (nSPS) is 10.1. The third-order valence-electron chi connectivity index (χ3n) is 3.60. The third-order valence-corrected chi connectivity index (χ3v) is 3.60. The van der Waals surface area contributed by atoms with Gasteiger partial charge in [-0.3, -0.25) is 14.9 Å². The topological polar surface area (TPSA) is 103 Å². The summed E-state index contributed by atoms with van der Waals surface area (Å²) >= 11 is 0. The first-order chi connectivity index (χ1) is 13.0. The van der Waals surface area contributed by atoms with Gasteiger partial charge in [0.15, 0.2) is 0 Å². The van der Waals surface area contributed by atoms with Crippen molar-refractivity contribution in [2.45, 2.75) is 20.3 Å².